The first-order valence-electron chi connectivity index (χ1n) is 8.97. The van der Waals surface area contributed by atoms with E-state index in [0.29, 0.717) is 37.4 Å². The maximum Gasteiger partial charge on any atom is 0.309 e. The Morgan fingerprint density at radius 2 is 1.25 bits per heavy atom. The number of methoxy groups -OCH3 is 3. The van der Waals surface area contributed by atoms with E-state index < -0.39 is 11.8 Å². The second-order valence-corrected chi connectivity index (χ2v) is 6.05. The van der Waals surface area contributed by atoms with E-state index in [-0.39, 0.29) is 0 Å². The number of carbonyl (C=O) groups excluding carboxylic acids is 2. The Hall–Kier alpha value is -3.22. The van der Waals surface area contributed by atoms with Gasteiger partial charge in [0.15, 0.2) is 11.5 Å². The van der Waals surface area contributed by atoms with Crippen LogP contribution in [0.2, 0.25) is 0 Å². The lowest BCUT2D eigenvalue weighted by Crippen LogP contribution is -2.41. The predicted octanol–water partition coefficient (Wildman–Crippen LogP) is 1.73. The number of rotatable bonds is 9. The normalized spacial score (nSPS) is 10.1. The molecule has 2 aromatic carbocycles. The highest BCUT2D eigenvalue weighted by molar-refractivity contribution is 6.35. The molecule has 0 heterocycles. The summed E-state index contributed by atoms with van der Waals surface area (Å²) in [4.78, 5) is 23.8. The molecule has 0 aromatic heterocycles. The van der Waals surface area contributed by atoms with E-state index in [0.717, 1.165) is 16.9 Å². The Kier molecular flexibility index (Phi) is 8.14. The average molecular weight is 386 g/mol. The Morgan fingerprint density at radius 1 is 0.714 bits per heavy atom. The monoisotopic (exact) mass is 386 g/mol. The van der Waals surface area contributed by atoms with Crippen LogP contribution in [-0.2, 0) is 22.4 Å². The fraction of sp³-hybridized carbons (Fsp3) is 0.333. The van der Waals surface area contributed by atoms with Crippen LogP contribution in [0.5, 0.6) is 17.2 Å². The minimum atomic E-state index is -0.643. The lowest BCUT2D eigenvalue weighted by atomic mass is 10.1. The Labute approximate surface area is 165 Å². The zero-order valence-electron chi connectivity index (χ0n) is 16.4. The molecule has 0 aliphatic carbocycles. The molecule has 2 rings (SSSR count). The van der Waals surface area contributed by atoms with Crippen molar-refractivity contribution < 1.29 is 23.8 Å². The van der Waals surface area contributed by atoms with E-state index in [1.807, 2.05) is 42.5 Å². The standard InChI is InChI=1S/C21H26N2O5/c1-26-17-7-4-15(5-8-17)10-12-22-20(24)21(25)23-13-11-16-6-9-18(27-2)19(14-16)28-3/h4-9,14H,10-13H2,1-3H3,(H,22,24)(H,23,25). The van der Waals surface area contributed by atoms with Crippen molar-refractivity contribution in [2.45, 2.75) is 12.8 Å². The van der Waals surface area contributed by atoms with Gasteiger partial charge in [-0.15, -0.1) is 0 Å². The molecule has 0 radical (unpaired) electrons. The first kappa shape index (κ1) is 21.1. The second kappa shape index (κ2) is 10.8. The van der Waals surface area contributed by atoms with Gasteiger partial charge in [0.2, 0.25) is 0 Å². The van der Waals surface area contributed by atoms with Crippen LogP contribution in [0.25, 0.3) is 0 Å². The summed E-state index contributed by atoms with van der Waals surface area (Å²) in [7, 11) is 4.75. The van der Waals surface area contributed by atoms with Gasteiger partial charge in [0.25, 0.3) is 0 Å². The summed E-state index contributed by atoms with van der Waals surface area (Å²) in [5, 5.41) is 5.24. The maximum absolute atomic E-state index is 11.9. The van der Waals surface area contributed by atoms with Gasteiger partial charge in [0.1, 0.15) is 5.75 Å². The number of hydrogen-bond donors (Lipinski definition) is 2. The molecular weight excluding hydrogens is 360 g/mol. The summed E-state index contributed by atoms with van der Waals surface area (Å²) < 4.78 is 15.5. The topological polar surface area (TPSA) is 85.9 Å². The van der Waals surface area contributed by atoms with Crippen molar-refractivity contribution in [3.8, 4) is 17.2 Å². The summed E-state index contributed by atoms with van der Waals surface area (Å²) in [6.07, 6.45) is 1.21. The molecule has 0 atom stereocenters. The SMILES string of the molecule is COc1ccc(CCNC(=O)C(=O)NCCc2ccc(OC)c(OC)c2)cc1. The van der Waals surface area contributed by atoms with Crippen molar-refractivity contribution in [2.75, 3.05) is 34.4 Å². The van der Waals surface area contributed by atoms with Crippen molar-refractivity contribution in [3.05, 3.63) is 53.6 Å². The van der Waals surface area contributed by atoms with Crippen molar-refractivity contribution in [1.29, 1.82) is 0 Å². The van der Waals surface area contributed by atoms with E-state index >= 15 is 0 Å². The number of benzene rings is 2. The Morgan fingerprint density at radius 3 is 1.79 bits per heavy atom. The number of ether oxygens (including phenoxy) is 3. The molecule has 7 nitrogen and oxygen atoms in total. The quantitative estimate of drug-likeness (QED) is 0.641. The van der Waals surface area contributed by atoms with Gasteiger partial charge in [-0.05, 0) is 48.2 Å². The third kappa shape index (κ3) is 6.19. The van der Waals surface area contributed by atoms with E-state index in [4.69, 9.17) is 14.2 Å². The molecule has 0 bridgehead atoms. The summed E-state index contributed by atoms with van der Waals surface area (Å²) in [6, 6.07) is 13.1. The van der Waals surface area contributed by atoms with Crippen LogP contribution in [0.3, 0.4) is 0 Å². The van der Waals surface area contributed by atoms with E-state index in [9.17, 15) is 9.59 Å². The van der Waals surface area contributed by atoms with Crippen LogP contribution in [0.1, 0.15) is 11.1 Å². The molecule has 150 valence electrons. The third-order valence-electron chi connectivity index (χ3n) is 4.21. The number of hydrogen-bond acceptors (Lipinski definition) is 5. The van der Waals surface area contributed by atoms with E-state index in [2.05, 4.69) is 10.6 Å². The highest BCUT2D eigenvalue weighted by atomic mass is 16.5. The average Bonchev–Trinajstić information content (AvgIpc) is 2.73. The molecule has 0 aliphatic heterocycles. The van der Waals surface area contributed by atoms with Crippen LogP contribution >= 0.6 is 0 Å². The van der Waals surface area contributed by atoms with Crippen LogP contribution < -0.4 is 24.8 Å². The van der Waals surface area contributed by atoms with Gasteiger partial charge in [0, 0.05) is 13.1 Å². The lowest BCUT2D eigenvalue weighted by Gasteiger charge is -2.10. The fourth-order valence-electron chi connectivity index (χ4n) is 2.63. The molecule has 0 fully saturated rings. The van der Waals surface area contributed by atoms with Crippen molar-refractivity contribution in [3.63, 3.8) is 0 Å². The molecule has 0 aliphatic rings. The van der Waals surface area contributed by atoms with E-state index in [1.54, 1.807) is 21.3 Å². The third-order valence-corrected chi connectivity index (χ3v) is 4.21. The molecule has 0 saturated heterocycles. The summed E-state index contributed by atoms with van der Waals surface area (Å²) in [5.74, 6) is 0.770. The summed E-state index contributed by atoms with van der Waals surface area (Å²) in [6.45, 7) is 0.731. The molecule has 2 amide bonds. The highest BCUT2D eigenvalue weighted by Crippen LogP contribution is 2.27. The zero-order chi connectivity index (χ0) is 20.4. The second-order valence-electron chi connectivity index (χ2n) is 6.05. The Bertz CT molecular complexity index is 790. The predicted molar refractivity (Wildman–Crippen MR) is 106 cm³/mol. The van der Waals surface area contributed by atoms with Crippen molar-refractivity contribution >= 4 is 11.8 Å². The smallest absolute Gasteiger partial charge is 0.309 e. The van der Waals surface area contributed by atoms with Crippen LogP contribution in [-0.4, -0.2) is 46.2 Å². The van der Waals surface area contributed by atoms with Crippen molar-refractivity contribution in [1.82, 2.24) is 10.6 Å². The molecule has 0 unspecified atom stereocenters. The number of amides is 2. The van der Waals surface area contributed by atoms with E-state index in [1.165, 1.54) is 0 Å². The first-order chi connectivity index (χ1) is 13.6. The van der Waals surface area contributed by atoms with Crippen LogP contribution in [0.4, 0.5) is 0 Å². The summed E-state index contributed by atoms with van der Waals surface area (Å²) in [5.41, 5.74) is 2.02. The number of nitrogens with one attached hydrogen (secondary N) is 2. The zero-order valence-corrected chi connectivity index (χ0v) is 16.4. The maximum atomic E-state index is 11.9. The van der Waals surface area contributed by atoms with Gasteiger partial charge >= 0.3 is 11.8 Å². The van der Waals surface area contributed by atoms with Crippen LogP contribution in [0, 0.1) is 0 Å². The highest BCUT2D eigenvalue weighted by Gasteiger charge is 2.12. The van der Waals surface area contributed by atoms with Gasteiger partial charge in [-0.3, -0.25) is 9.59 Å². The van der Waals surface area contributed by atoms with Gasteiger partial charge in [-0.2, -0.15) is 0 Å². The largest absolute Gasteiger partial charge is 0.497 e. The van der Waals surface area contributed by atoms with Gasteiger partial charge in [0.05, 0.1) is 21.3 Å². The first-order valence-corrected chi connectivity index (χ1v) is 8.97. The lowest BCUT2D eigenvalue weighted by molar-refractivity contribution is -0.139. The van der Waals surface area contributed by atoms with Gasteiger partial charge in [-0.25, -0.2) is 0 Å². The molecule has 7 heteroatoms. The van der Waals surface area contributed by atoms with Gasteiger partial charge in [-0.1, -0.05) is 18.2 Å². The molecule has 28 heavy (non-hydrogen) atoms. The molecule has 0 saturated carbocycles. The molecular formula is C21H26N2O5. The summed E-state index contributed by atoms with van der Waals surface area (Å²) >= 11 is 0. The fourth-order valence-corrected chi connectivity index (χ4v) is 2.63. The Balaban J connectivity index is 1.71. The number of carbonyl (C=O) groups is 2. The molecule has 2 aromatic rings. The van der Waals surface area contributed by atoms with Crippen LogP contribution in [0.15, 0.2) is 42.5 Å². The van der Waals surface area contributed by atoms with Crippen molar-refractivity contribution in [2.24, 2.45) is 0 Å². The molecule has 2 N–H and O–H groups in total. The molecule has 0 spiro atoms. The van der Waals surface area contributed by atoms with Gasteiger partial charge < -0.3 is 24.8 Å². The minimum absolute atomic E-state index is 0.347. The minimum Gasteiger partial charge on any atom is -0.497 e.